The summed E-state index contributed by atoms with van der Waals surface area (Å²) in [5.41, 5.74) is 1.57. The zero-order chi connectivity index (χ0) is 15.7. The van der Waals surface area contributed by atoms with Crippen LogP contribution in [0.4, 0.5) is 5.69 Å². The van der Waals surface area contributed by atoms with Crippen LogP contribution in [0.2, 0.25) is 5.15 Å². The van der Waals surface area contributed by atoms with E-state index in [9.17, 15) is 15.0 Å². The van der Waals surface area contributed by atoms with E-state index in [1.165, 1.54) is 6.20 Å². The van der Waals surface area contributed by atoms with Crippen molar-refractivity contribution in [2.45, 2.75) is 37.8 Å². The van der Waals surface area contributed by atoms with Gasteiger partial charge in [-0.15, -0.1) is 0 Å². The quantitative estimate of drug-likeness (QED) is 0.752. The van der Waals surface area contributed by atoms with Gasteiger partial charge in [-0.25, -0.2) is 9.78 Å². The highest BCUT2D eigenvalue weighted by atomic mass is 35.5. The Balaban J connectivity index is 2.02. The molecule has 2 heterocycles. The second-order valence-corrected chi connectivity index (χ2v) is 5.89. The first kappa shape index (κ1) is 15.0. The van der Waals surface area contributed by atoms with Crippen molar-refractivity contribution in [2.24, 2.45) is 0 Å². The number of nitrogens with one attached hydrogen (secondary N) is 1. The van der Waals surface area contributed by atoms with Gasteiger partial charge in [0.1, 0.15) is 16.2 Å². The maximum atomic E-state index is 11.5. The number of fused-ring (bicyclic) bond motifs is 1. The van der Waals surface area contributed by atoms with Gasteiger partial charge >= 0.3 is 5.97 Å². The van der Waals surface area contributed by atoms with Crippen LogP contribution < -0.4 is 5.32 Å². The smallest absolute Gasteiger partial charge is 0.339 e. The number of pyridine rings is 2. The van der Waals surface area contributed by atoms with Gasteiger partial charge in [0.2, 0.25) is 0 Å². The Kier molecular flexibility index (Phi) is 4.13. The van der Waals surface area contributed by atoms with Crippen molar-refractivity contribution in [3.63, 3.8) is 0 Å². The minimum absolute atomic E-state index is 0.0772. The van der Waals surface area contributed by atoms with Crippen LogP contribution in [0.25, 0.3) is 11.0 Å². The average Bonchev–Trinajstić information content (AvgIpc) is 2.49. The number of rotatable bonds is 3. The molecule has 0 radical (unpaired) electrons. The molecule has 2 aromatic heterocycles. The van der Waals surface area contributed by atoms with Gasteiger partial charge in [0.05, 0.1) is 17.3 Å². The fourth-order valence-electron chi connectivity index (χ4n) is 2.77. The minimum atomic E-state index is -1.06. The number of hydrogen-bond acceptors (Lipinski definition) is 5. The fourth-order valence-corrected chi connectivity index (χ4v) is 2.92. The topological polar surface area (TPSA) is 95.3 Å². The van der Waals surface area contributed by atoms with Gasteiger partial charge < -0.3 is 15.5 Å². The molecule has 2 aromatic rings. The van der Waals surface area contributed by atoms with Crippen LogP contribution in [0.5, 0.6) is 0 Å². The van der Waals surface area contributed by atoms with Gasteiger partial charge in [-0.1, -0.05) is 11.6 Å². The van der Waals surface area contributed by atoms with Crippen molar-refractivity contribution in [1.29, 1.82) is 0 Å². The van der Waals surface area contributed by atoms with E-state index in [2.05, 4.69) is 15.3 Å². The summed E-state index contributed by atoms with van der Waals surface area (Å²) < 4.78 is 0. The normalized spacial score (nSPS) is 21.7. The lowest BCUT2D eigenvalue weighted by molar-refractivity contribution is 0.0697. The molecule has 1 aliphatic rings. The third kappa shape index (κ3) is 2.98. The van der Waals surface area contributed by atoms with Gasteiger partial charge in [-0.3, -0.25) is 4.98 Å². The first-order valence-corrected chi connectivity index (χ1v) is 7.55. The summed E-state index contributed by atoms with van der Waals surface area (Å²) in [6.45, 7) is 0. The van der Waals surface area contributed by atoms with Crippen LogP contribution in [-0.2, 0) is 0 Å². The summed E-state index contributed by atoms with van der Waals surface area (Å²) in [4.78, 5) is 19.8. The lowest BCUT2D eigenvalue weighted by Gasteiger charge is -2.27. The van der Waals surface area contributed by atoms with E-state index in [0.29, 0.717) is 34.7 Å². The predicted octanol–water partition coefficient (Wildman–Crippen LogP) is 2.70. The first-order valence-electron chi connectivity index (χ1n) is 7.17. The van der Waals surface area contributed by atoms with Crippen LogP contribution in [0.15, 0.2) is 18.3 Å². The standard InChI is InChI=1S/C15H16ClN3O3/c16-12-6-5-11-14(19-12)13(10(7-17-11)15(21)22)18-8-1-3-9(20)4-2-8/h5-9,20H,1-4H2,(H,17,18)(H,21,22). The number of nitrogens with zero attached hydrogens (tertiary/aromatic N) is 2. The molecule has 0 amide bonds. The monoisotopic (exact) mass is 321 g/mol. The van der Waals surface area contributed by atoms with Gasteiger partial charge in [-0.05, 0) is 37.8 Å². The van der Waals surface area contributed by atoms with Crippen molar-refractivity contribution in [1.82, 2.24) is 9.97 Å². The van der Waals surface area contributed by atoms with E-state index < -0.39 is 5.97 Å². The summed E-state index contributed by atoms with van der Waals surface area (Å²) in [5, 5.41) is 22.5. The highest BCUT2D eigenvalue weighted by Gasteiger charge is 2.23. The number of aromatic carboxylic acids is 1. The van der Waals surface area contributed by atoms with Crippen LogP contribution in [0, 0.1) is 0 Å². The molecule has 1 fully saturated rings. The summed E-state index contributed by atoms with van der Waals surface area (Å²) in [7, 11) is 0. The zero-order valence-electron chi connectivity index (χ0n) is 11.8. The molecular weight excluding hydrogens is 306 g/mol. The van der Waals surface area contributed by atoms with Crippen molar-refractivity contribution < 1.29 is 15.0 Å². The highest BCUT2D eigenvalue weighted by Crippen LogP contribution is 2.29. The predicted molar refractivity (Wildman–Crippen MR) is 83.4 cm³/mol. The third-order valence-electron chi connectivity index (χ3n) is 3.95. The zero-order valence-corrected chi connectivity index (χ0v) is 12.5. The van der Waals surface area contributed by atoms with E-state index in [1.54, 1.807) is 12.1 Å². The van der Waals surface area contributed by atoms with Crippen molar-refractivity contribution >= 4 is 34.3 Å². The summed E-state index contributed by atoms with van der Waals surface area (Å²) >= 11 is 5.94. The maximum Gasteiger partial charge on any atom is 0.339 e. The van der Waals surface area contributed by atoms with E-state index in [0.717, 1.165) is 12.8 Å². The third-order valence-corrected chi connectivity index (χ3v) is 4.16. The second kappa shape index (κ2) is 6.06. The van der Waals surface area contributed by atoms with E-state index in [4.69, 9.17) is 11.6 Å². The lowest BCUT2D eigenvalue weighted by Crippen LogP contribution is -2.29. The maximum absolute atomic E-state index is 11.5. The van der Waals surface area contributed by atoms with Gasteiger partial charge in [-0.2, -0.15) is 0 Å². The van der Waals surface area contributed by atoms with Crippen LogP contribution in [-0.4, -0.2) is 38.3 Å². The summed E-state index contributed by atoms with van der Waals surface area (Å²) in [6, 6.07) is 3.44. The van der Waals surface area contributed by atoms with Gasteiger partial charge in [0.25, 0.3) is 0 Å². The van der Waals surface area contributed by atoms with E-state index in [1.807, 2.05) is 0 Å². The first-order chi connectivity index (χ1) is 10.5. The molecule has 0 spiro atoms. The molecule has 1 saturated carbocycles. The number of aliphatic hydroxyl groups is 1. The molecule has 1 aliphatic carbocycles. The minimum Gasteiger partial charge on any atom is -0.478 e. The summed E-state index contributed by atoms with van der Waals surface area (Å²) in [6.07, 6.45) is 4.04. The number of aliphatic hydroxyl groups excluding tert-OH is 1. The Morgan fingerprint density at radius 3 is 2.68 bits per heavy atom. The highest BCUT2D eigenvalue weighted by molar-refractivity contribution is 6.29. The molecule has 7 heteroatoms. The molecule has 22 heavy (non-hydrogen) atoms. The molecular formula is C15H16ClN3O3. The van der Waals surface area contributed by atoms with Crippen molar-refractivity contribution in [3.8, 4) is 0 Å². The molecule has 0 atom stereocenters. The number of halogens is 1. The van der Waals surface area contributed by atoms with Crippen LogP contribution in [0.3, 0.4) is 0 Å². The van der Waals surface area contributed by atoms with Crippen molar-refractivity contribution in [2.75, 3.05) is 5.32 Å². The van der Waals surface area contributed by atoms with Crippen LogP contribution >= 0.6 is 11.6 Å². The molecule has 0 aliphatic heterocycles. The van der Waals surface area contributed by atoms with E-state index in [-0.39, 0.29) is 17.7 Å². The molecule has 3 rings (SSSR count). The number of aromatic nitrogens is 2. The Hall–Kier alpha value is -1.92. The lowest BCUT2D eigenvalue weighted by atomic mass is 9.92. The number of carboxylic acid groups (broad SMARTS) is 1. The molecule has 6 nitrogen and oxygen atoms in total. The summed E-state index contributed by atoms with van der Waals surface area (Å²) in [5.74, 6) is -1.06. The largest absolute Gasteiger partial charge is 0.478 e. The Bertz CT molecular complexity index is 714. The van der Waals surface area contributed by atoms with Gasteiger partial charge in [0.15, 0.2) is 0 Å². The van der Waals surface area contributed by atoms with Crippen LogP contribution in [0.1, 0.15) is 36.0 Å². The molecule has 0 unspecified atom stereocenters. The molecule has 3 N–H and O–H groups in total. The number of carboxylic acids is 1. The van der Waals surface area contributed by atoms with E-state index >= 15 is 0 Å². The van der Waals surface area contributed by atoms with Gasteiger partial charge in [0, 0.05) is 12.2 Å². The Morgan fingerprint density at radius 2 is 2.00 bits per heavy atom. The fraction of sp³-hybridized carbons (Fsp3) is 0.400. The van der Waals surface area contributed by atoms with Crippen molar-refractivity contribution in [3.05, 3.63) is 29.0 Å². The molecule has 0 saturated heterocycles. The second-order valence-electron chi connectivity index (χ2n) is 5.50. The molecule has 0 aromatic carbocycles. The average molecular weight is 322 g/mol. The molecule has 0 bridgehead atoms. The molecule has 116 valence electrons. The number of hydrogen-bond donors (Lipinski definition) is 3. The SMILES string of the molecule is O=C(O)c1cnc2ccc(Cl)nc2c1NC1CCC(O)CC1. The number of carbonyl (C=O) groups is 1. The Labute approximate surface area is 132 Å². The number of anilines is 1. The Morgan fingerprint density at radius 1 is 1.27 bits per heavy atom.